The summed E-state index contributed by atoms with van der Waals surface area (Å²) < 4.78 is 0. The fourth-order valence-electron chi connectivity index (χ4n) is 3.97. The van der Waals surface area contributed by atoms with Gasteiger partial charge in [0.1, 0.15) is 18.1 Å². The fraction of sp³-hybridized carbons (Fsp3) is 0.400. The average molecular weight is 560 g/mol. The van der Waals surface area contributed by atoms with Gasteiger partial charge in [0.15, 0.2) is 0 Å². The van der Waals surface area contributed by atoms with Crippen LogP contribution in [-0.4, -0.2) is 91.6 Å². The van der Waals surface area contributed by atoms with Gasteiger partial charge in [-0.3, -0.25) is 14.4 Å². The molecular weight excluding hydrogens is 526 g/mol. The van der Waals surface area contributed by atoms with Crippen molar-refractivity contribution < 1.29 is 29.4 Å². The van der Waals surface area contributed by atoms with Gasteiger partial charge in [-0.1, -0.05) is 18.2 Å². The average Bonchev–Trinajstić information content (AvgIpc) is 3.59. The van der Waals surface area contributed by atoms with E-state index >= 15 is 0 Å². The molecule has 210 valence electrons. The Morgan fingerprint density at radius 1 is 1.00 bits per heavy atom. The quantitative estimate of drug-likeness (QED) is 0.118. The normalized spacial score (nSPS) is 14.2. The number of aromatic amines is 2. The molecule has 0 aliphatic rings. The van der Waals surface area contributed by atoms with Gasteiger partial charge in [0, 0.05) is 35.4 Å². The number of nitrogens with one attached hydrogen (secondary N) is 5. The molecule has 14 heteroatoms. The number of carbonyl (C=O) groups excluding carboxylic acids is 3. The first-order valence-electron chi connectivity index (χ1n) is 12.2. The summed E-state index contributed by atoms with van der Waals surface area (Å²) in [5, 5.41) is 27.6. The highest BCUT2D eigenvalue weighted by Crippen LogP contribution is 2.19. The van der Waals surface area contributed by atoms with E-state index in [0.29, 0.717) is 11.4 Å². The molecule has 0 saturated carbocycles. The Balaban J connectivity index is 1.62. The van der Waals surface area contributed by atoms with Gasteiger partial charge in [-0.2, -0.15) is 11.8 Å². The van der Waals surface area contributed by atoms with E-state index in [9.17, 15) is 29.4 Å². The second-order valence-corrected chi connectivity index (χ2v) is 9.92. The molecule has 4 atom stereocenters. The van der Waals surface area contributed by atoms with Gasteiger partial charge < -0.3 is 41.9 Å². The Hall–Kier alpha value is -3.88. The van der Waals surface area contributed by atoms with Crippen molar-refractivity contribution in [2.24, 2.45) is 5.73 Å². The largest absolute Gasteiger partial charge is 0.480 e. The Kier molecular flexibility index (Phi) is 10.9. The molecule has 0 aliphatic carbocycles. The lowest BCUT2D eigenvalue weighted by atomic mass is 10.0. The van der Waals surface area contributed by atoms with Crippen molar-refractivity contribution in [2.45, 2.75) is 43.4 Å². The number of carboxylic acid groups (broad SMARTS) is 1. The minimum absolute atomic E-state index is 0.0755. The lowest BCUT2D eigenvalue weighted by molar-refractivity contribution is -0.142. The third-order valence-electron chi connectivity index (χ3n) is 6.10. The van der Waals surface area contributed by atoms with E-state index < -0.39 is 54.5 Å². The maximum atomic E-state index is 13.0. The minimum atomic E-state index is -1.44. The highest BCUT2D eigenvalue weighted by atomic mass is 32.2. The number of carboxylic acids is 1. The summed E-state index contributed by atoms with van der Waals surface area (Å²) >= 11 is 1.46. The number of para-hydroxylation sites is 1. The van der Waals surface area contributed by atoms with E-state index in [4.69, 9.17) is 5.73 Å². The molecule has 13 nitrogen and oxygen atoms in total. The zero-order valence-corrected chi connectivity index (χ0v) is 22.2. The van der Waals surface area contributed by atoms with Crippen LogP contribution in [-0.2, 0) is 32.0 Å². The number of aliphatic hydroxyl groups excluding tert-OH is 1. The predicted molar refractivity (Wildman–Crippen MR) is 146 cm³/mol. The second-order valence-electron chi connectivity index (χ2n) is 8.94. The molecule has 0 fully saturated rings. The third-order valence-corrected chi connectivity index (χ3v) is 6.75. The van der Waals surface area contributed by atoms with E-state index in [1.165, 1.54) is 24.3 Å². The van der Waals surface area contributed by atoms with E-state index in [1.54, 1.807) is 6.20 Å². The van der Waals surface area contributed by atoms with Crippen LogP contribution >= 0.6 is 11.8 Å². The van der Waals surface area contributed by atoms with Crippen LogP contribution in [0.15, 0.2) is 43.0 Å². The number of nitrogens with two attached hydrogens (primary N) is 1. The molecule has 4 unspecified atom stereocenters. The highest BCUT2D eigenvalue weighted by molar-refractivity contribution is 7.98. The van der Waals surface area contributed by atoms with Gasteiger partial charge in [-0.05, 0) is 36.5 Å². The molecule has 0 radical (unpaired) electrons. The van der Waals surface area contributed by atoms with Gasteiger partial charge >= 0.3 is 5.97 Å². The molecule has 9 N–H and O–H groups in total. The molecule has 0 spiro atoms. The number of aliphatic hydroxyl groups is 1. The number of hydrogen-bond donors (Lipinski definition) is 8. The van der Waals surface area contributed by atoms with Crippen molar-refractivity contribution in [2.75, 3.05) is 18.6 Å². The smallest absolute Gasteiger partial charge is 0.326 e. The molecule has 3 amide bonds. The number of aromatic nitrogens is 3. The first-order valence-corrected chi connectivity index (χ1v) is 13.6. The standard InChI is InChI=1S/C25H33N7O6S/c1-39-7-6-19(30-22(34)17(26)8-14-10-28-18-5-3-2-4-16(14)18)23(35)32-21(12-33)24(36)31-20(25(37)38)9-15-11-27-13-29-15/h2-5,10-11,13,17,19-21,28,33H,6-9,12,26H2,1H3,(H,27,29)(H,30,34)(H,31,36)(H,32,35)(H,37,38). The van der Waals surface area contributed by atoms with Crippen molar-refractivity contribution >= 4 is 46.4 Å². The molecule has 0 aliphatic heterocycles. The van der Waals surface area contributed by atoms with Crippen molar-refractivity contribution in [3.63, 3.8) is 0 Å². The van der Waals surface area contributed by atoms with Crippen molar-refractivity contribution in [3.05, 3.63) is 54.2 Å². The molecule has 3 aromatic rings. The number of nitrogens with zero attached hydrogens (tertiary/aromatic N) is 1. The summed E-state index contributed by atoms with van der Waals surface area (Å²) in [5.74, 6) is -2.90. The van der Waals surface area contributed by atoms with Crippen molar-refractivity contribution in [3.8, 4) is 0 Å². The van der Waals surface area contributed by atoms with Crippen LogP contribution < -0.4 is 21.7 Å². The number of benzene rings is 1. The summed E-state index contributed by atoms with van der Waals surface area (Å²) in [4.78, 5) is 60.0. The van der Waals surface area contributed by atoms with Crippen LogP contribution in [0, 0.1) is 0 Å². The number of rotatable bonds is 15. The van der Waals surface area contributed by atoms with Crippen LogP contribution in [0.2, 0.25) is 0 Å². The summed E-state index contributed by atoms with van der Waals surface area (Å²) in [6.07, 6.45) is 6.84. The molecule has 2 heterocycles. The molecule has 2 aromatic heterocycles. The Morgan fingerprint density at radius 2 is 1.69 bits per heavy atom. The van der Waals surface area contributed by atoms with Crippen LogP contribution in [0.3, 0.4) is 0 Å². The van der Waals surface area contributed by atoms with Gasteiger partial charge in [-0.25, -0.2) is 9.78 Å². The number of amides is 3. The van der Waals surface area contributed by atoms with Crippen molar-refractivity contribution in [1.29, 1.82) is 0 Å². The Labute approximate surface area is 228 Å². The van der Waals surface area contributed by atoms with Crippen molar-refractivity contribution in [1.82, 2.24) is 30.9 Å². The number of carbonyl (C=O) groups is 4. The number of imidazole rings is 1. The zero-order chi connectivity index (χ0) is 28.4. The summed E-state index contributed by atoms with van der Waals surface area (Å²) in [6, 6.07) is 2.89. The second kappa shape index (κ2) is 14.3. The Bertz CT molecular complexity index is 1260. The first-order chi connectivity index (χ1) is 18.7. The zero-order valence-electron chi connectivity index (χ0n) is 21.3. The van der Waals surface area contributed by atoms with E-state index in [1.807, 2.05) is 30.5 Å². The van der Waals surface area contributed by atoms with Crippen LogP contribution in [0.4, 0.5) is 0 Å². The van der Waals surface area contributed by atoms with Crippen LogP contribution in [0.25, 0.3) is 10.9 Å². The van der Waals surface area contributed by atoms with Gasteiger partial charge in [-0.15, -0.1) is 0 Å². The third kappa shape index (κ3) is 8.30. The van der Waals surface area contributed by atoms with E-state index in [2.05, 4.69) is 30.9 Å². The summed E-state index contributed by atoms with van der Waals surface area (Å²) in [7, 11) is 0. The van der Waals surface area contributed by atoms with E-state index in [-0.39, 0.29) is 19.3 Å². The fourth-order valence-corrected chi connectivity index (χ4v) is 4.44. The monoisotopic (exact) mass is 559 g/mol. The predicted octanol–water partition coefficient (Wildman–Crippen LogP) is -0.712. The molecule has 1 aromatic carbocycles. The number of fused-ring (bicyclic) bond motifs is 1. The Morgan fingerprint density at radius 3 is 2.36 bits per heavy atom. The molecule has 0 saturated heterocycles. The number of thioether (sulfide) groups is 1. The van der Waals surface area contributed by atoms with Crippen LogP contribution in [0.1, 0.15) is 17.7 Å². The molecule has 0 bridgehead atoms. The number of H-pyrrole nitrogens is 2. The maximum Gasteiger partial charge on any atom is 0.326 e. The summed E-state index contributed by atoms with van der Waals surface area (Å²) in [6.45, 7) is -0.781. The van der Waals surface area contributed by atoms with Crippen LogP contribution in [0.5, 0.6) is 0 Å². The lowest BCUT2D eigenvalue weighted by Gasteiger charge is -2.24. The topological polar surface area (TPSA) is 215 Å². The first kappa shape index (κ1) is 29.7. The molecule has 3 rings (SSSR count). The molecule has 39 heavy (non-hydrogen) atoms. The number of hydrogen-bond acceptors (Lipinski definition) is 8. The SMILES string of the molecule is CSCCC(NC(=O)C(N)Cc1c[nH]c2ccccc12)C(=O)NC(CO)C(=O)NC(Cc1cnc[nH]1)C(=O)O. The van der Waals surface area contributed by atoms with Gasteiger partial charge in [0.2, 0.25) is 17.7 Å². The van der Waals surface area contributed by atoms with E-state index in [0.717, 1.165) is 16.5 Å². The summed E-state index contributed by atoms with van der Waals surface area (Å²) in [5.41, 5.74) is 8.42. The van der Waals surface area contributed by atoms with Gasteiger partial charge in [0.25, 0.3) is 0 Å². The maximum absolute atomic E-state index is 13.0. The lowest BCUT2D eigenvalue weighted by Crippen LogP contribution is -2.58. The van der Waals surface area contributed by atoms with Gasteiger partial charge in [0.05, 0.1) is 19.0 Å². The minimum Gasteiger partial charge on any atom is -0.480 e. The number of aliphatic carboxylic acids is 1. The molecular formula is C25H33N7O6S. The highest BCUT2D eigenvalue weighted by Gasteiger charge is 2.30.